The Bertz CT molecular complexity index is 1360. The summed E-state index contributed by atoms with van der Waals surface area (Å²) in [5.74, 6) is -0.972. The minimum absolute atomic E-state index is 0.101. The van der Waals surface area contributed by atoms with Crippen LogP contribution >= 0.6 is 0 Å². The van der Waals surface area contributed by atoms with Crippen molar-refractivity contribution >= 4 is 17.9 Å². The van der Waals surface area contributed by atoms with E-state index in [1.807, 2.05) is 0 Å². The molecule has 0 N–H and O–H groups in total. The highest BCUT2D eigenvalue weighted by atomic mass is 16.6. The summed E-state index contributed by atoms with van der Waals surface area (Å²) in [5.41, 5.74) is 0. The van der Waals surface area contributed by atoms with E-state index in [1.54, 1.807) is 0 Å². The van der Waals surface area contributed by atoms with Crippen molar-refractivity contribution in [3.63, 3.8) is 0 Å². The number of ether oxygens (including phenoxy) is 3. The molecule has 0 aromatic rings. The van der Waals surface area contributed by atoms with E-state index in [9.17, 15) is 14.4 Å². The lowest BCUT2D eigenvalue weighted by atomic mass is 10.0. The quantitative estimate of drug-likeness (QED) is 0.0262. The van der Waals surface area contributed by atoms with Gasteiger partial charge in [0.2, 0.25) is 0 Å². The standard InChI is InChI=1S/C62H104O6/c1-4-7-10-13-16-18-20-22-24-26-27-28-29-30-31-32-33-34-35-37-38-40-42-44-46-49-52-55-61(64)67-58-59(57-66-60(63)54-51-48-15-12-9-6-3)68-62(65)56-53-50-47-45-43-41-39-36-25-23-21-19-17-14-11-8-5-2/h8,11,17,19-20,22-23,25-27,29-30,39,41,45,47,59H,4-7,9-10,12-16,18,21,24,28,31-38,40,42-44,46,48-58H2,1-3H3/b11-8-,19-17-,22-20-,25-23-,27-26-,30-29-,41-39-,47-45-. The summed E-state index contributed by atoms with van der Waals surface area (Å²) in [5, 5.41) is 0. The molecule has 1 unspecified atom stereocenters. The van der Waals surface area contributed by atoms with E-state index in [2.05, 4.69) is 118 Å². The third-order valence-corrected chi connectivity index (χ3v) is 11.8. The number of esters is 3. The van der Waals surface area contributed by atoms with E-state index in [4.69, 9.17) is 14.2 Å². The Morgan fingerprint density at radius 2 is 0.588 bits per heavy atom. The van der Waals surface area contributed by atoms with Gasteiger partial charge in [-0.1, -0.05) is 240 Å². The Labute approximate surface area is 419 Å². The molecule has 388 valence electrons. The Morgan fingerprint density at radius 3 is 0.941 bits per heavy atom. The van der Waals surface area contributed by atoms with E-state index in [-0.39, 0.29) is 37.5 Å². The molecular formula is C62H104O6. The second kappa shape index (κ2) is 55.9. The maximum absolute atomic E-state index is 12.7. The molecule has 0 aliphatic rings. The molecule has 0 spiro atoms. The zero-order chi connectivity index (χ0) is 49.3. The first-order valence-corrected chi connectivity index (χ1v) is 28.2. The van der Waals surface area contributed by atoms with E-state index in [1.165, 1.54) is 122 Å². The van der Waals surface area contributed by atoms with Gasteiger partial charge in [0.1, 0.15) is 13.2 Å². The minimum atomic E-state index is -0.805. The van der Waals surface area contributed by atoms with Crippen LogP contribution in [0.15, 0.2) is 97.2 Å². The number of rotatable bonds is 50. The van der Waals surface area contributed by atoms with Gasteiger partial charge in [-0.25, -0.2) is 0 Å². The van der Waals surface area contributed by atoms with Crippen molar-refractivity contribution in [2.24, 2.45) is 0 Å². The van der Waals surface area contributed by atoms with Gasteiger partial charge < -0.3 is 14.2 Å². The number of allylic oxidation sites excluding steroid dienone is 16. The zero-order valence-corrected chi connectivity index (χ0v) is 44.3. The second-order valence-electron chi connectivity index (χ2n) is 18.5. The average Bonchev–Trinajstić information content (AvgIpc) is 3.34. The van der Waals surface area contributed by atoms with Crippen LogP contribution in [0.1, 0.15) is 258 Å². The summed E-state index contributed by atoms with van der Waals surface area (Å²) in [6.07, 6.45) is 74.4. The summed E-state index contributed by atoms with van der Waals surface area (Å²) < 4.78 is 16.7. The molecule has 1 atom stereocenters. The fraction of sp³-hybridized carbons (Fsp3) is 0.694. The Kier molecular flexibility index (Phi) is 52.9. The van der Waals surface area contributed by atoms with Crippen molar-refractivity contribution in [1.82, 2.24) is 0 Å². The Hall–Kier alpha value is -3.67. The fourth-order valence-electron chi connectivity index (χ4n) is 7.60. The normalized spacial score (nSPS) is 12.8. The predicted octanol–water partition coefficient (Wildman–Crippen LogP) is 18.9. The van der Waals surface area contributed by atoms with Crippen molar-refractivity contribution in [1.29, 1.82) is 0 Å². The Morgan fingerprint density at radius 1 is 0.309 bits per heavy atom. The molecule has 0 rings (SSSR count). The van der Waals surface area contributed by atoms with Crippen molar-refractivity contribution in [3.05, 3.63) is 97.2 Å². The molecule has 0 bridgehead atoms. The van der Waals surface area contributed by atoms with Crippen molar-refractivity contribution < 1.29 is 28.6 Å². The van der Waals surface area contributed by atoms with Gasteiger partial charge >= 0.3 is 17.9 Å². The highest BCUT2D eigenvalue weighted by Gasteiger charge is 2.19. The summed E-state index contributed by atoms with van der Waals surface area (Å²) in [6, 6.07) is 0. The van der Waals surface area contributed by atoms with Crippen LogP contribution in [0.3, 0.4) is 0 Å². The van der Waals surface area contributed by atoms with Gasteiger partial charge in [0, 0.05) is 19.3 Å². The van der Waals surface area contributed by atoms with E-state index in [0.717, 1.165) is 89.9 Å². The summed E-state index contributed by atoms with van der Waals surface area (Å²) in [7, 11) is 0. The number of carbonyl (C=O) groups is 3. The third-order valence-electron chi connectivity index (χ3n) is 11.8. The number of hydrogen-bond acceptors (Lipinski definition) is 6. The molecular weight excluding hydrogens is 841 g/mol. The van der Waals surface area contributed by atoms with Gasteiger partial charge in [0.25, 0.3) is 0 Å². The predicted molar refractivity (Wildman–Crippen MR) is 293 cm³/mol. The van der Waals surface area contributed by atoms with Crippen LogP contribution in [-0.4, -0.2) is 37.2 Å². The maximum Gasteiger partial charge on any atom is 0.306 e. The monoisotopic (exact) mass is 945 g/mol. The molecule has 0 saturated heterocycles. The van der Waals surface area contributed by atoms with Gasteiger partial charge in [-0.3, -0.25) is 14.4 Å². The van der Waals surface area contributed by atoms with Gasteiger partial charge in [0.15, 0.2) is 6.10 Å². The van der Waals surface area contributed by atoms with E-state index < -0.39 is 6.10 Å². The number of unbranched alkanes of at least 4 members (excludes halogenated alkanes) is 23. The lowest BCUT2D eigenvalue weighted by Crippen LogP contribution is -2.30. The SMILES string of the molecule is CC/C=C\C/C=C\C/C=C\C/C=C\C/C=C\CCCC(=O)OC(COC(=O)CCCCCCCC)COC(=O)CCCCCCCCCCCCCC/C=C\C/C=C\C/C=C\CCCCCCC. The van der Waals surface area contributed by atoms with E-state index >= 15 is 0 Å². The van der Waals surface area contributed by atoms with Crippen LogP contribution in [0.4, 0.5) is 0 Å². The third kappa shape index (κ3) is 53.3. The largest absolute Gasteiger partial charge is 0.462 e. The van der Waals surface area contributed by atoms with Gasteiger partial charge in [-0.2, -0.15) is 0 Å². The smallest absolute Gasteiger partial charge is 0.306 e. The lowest BCUT2D eigenvalue weighted by molar-refractivity contribution is -0.167. The minimum Gasteiger partial charge on any atom is -0.462 e. The van der Waals surface area contributed by atoms with Gasteiger partial charge in [0.05, 0.1) is 0 Å². The lowest BCUT2D eigenvalue weighted by Gasteiger charge is -2.18. The van der Waals surface area contributed by atoms with Crippen LogP contribution in [0.25, 0.3) is 0 Å². The highest BCUT2D eigenvalue weighted by Crippen LogP contribution is 2.15. The number of hydrogen-bond donors (Lipinski definition) is 0. The van der Waals surface area contributed by atoms with Crippen LogP contribution in [0, 0.1) is 0 Å². The molecule has 0 aromatic heterocycles. The summed E-state index contributed by atoms with van der Waals surface area (Å²) in [4.78, 5) is 37.8. The fourth-order valence-corrected chi connectivity index (χ4v) is 7.60. The summed E-state index contributed by atoms with van der Waals surface area (Å²) in [6.45, 7) is 6.40. The molecule has 0 aromatic carbocycles. The maximum atomic E-state index is 12.7. The highest BCUT2D eigenvalue weighted by molar-refractivity contribution is 5.71. The zero-order valence-electron chi connectivity index (χ0n) is 44.3. The second-order valence-corrected chi connectivity index (χ2v) is 18.5. The molecule has 0 amide bonds. The molecule has 0 heterocycles. The van der Waals surface area contributed by atoms with Crippen LogP contribution in [0.2, 0.25) is 0 Å². The first-order chi connectivity index (χ1) is 33.5. The van der Waals surface area contributed by atoms with Crippen LogP contribution in [0.5, 0.6) is 0 Å². The van der Waals surface area contributed by atoms with Gasteiger partial charge in [-0.05, 0) is 96.3 Å². The Balaban J connectivity index is 4.18. The van der Waals surface area contributed by atoms with Crippen LogP contribution in [-0.2, 0) is 28.6 Å². The molecule has 0 aliphatic carbocycles. The molecule has 68 heavy (non-hydrogen) atoms. The van der Waals surface area contributed by atoms with Crippen molar-refractivity contribution in [2.75, 3.05) is 13.2 Å². The van der Waals surface area contributed by atoms with E-state index in [0.29, 0.717) is 19.3 Å². The van der Waals surface area contributed by atoms with Crippen molar-refractivity contribution in [2.45, 2.75) is 264 Å². The van der Waals surface area contributed by atoms with Gasteiger partial charge in [-0.15, -0.1) is 0 Å². The number of carbonyl (C=O) groups excluding carboxylic acids is 3. The molecule has 0 fully saturated rings. The molecule has 0 radical (unpaired) electrons. The summed E-state index contributed by atoms with van der Waals surface area (Å²) >= 11 is 0. The topological polar surface area (TPSA) is 78.9 Å². The average molecular weight is 946 g/mol. The molecule has 6 nitrogen and oxygen atoms in total. The first-order valence-electron chi connectivity index (χ1n) is 28.2. The molecule has 6 heteroatoms. The first kappa shape index (κ1) is 64.3. The van der Waals surface area contributed by atoms with Crippen LogP contribution < -0.4 is 0 Å². The molecule has 0 aliphatic heterocycles. The van der Waals surface area contributed by atoms with Crippen molar-refractivity contribution in [3.8, 4) is 0 Å². The molecule has 0 saturated carbocycles.